The van der Waals surface area contributed by atoms with E-state index in [1.54, 1.807) is 6.20 Å². The zero-order valence-electron chi connectivity index (χ0n) is 16.6. The second kappa shape index (κ2) is 9.04. The van der Waals surface area contributed by atoms with Crippen molar-refractivity contribution >= 4 is 39.8 Å². The molecule has 2 amide bonds. The molecule has 1 aliphatic carbocycles. The SMILES string of the molecule is C=CC(=O)NC1CCC[C@@H](N(C)c2cnc(C(N)=O)c(Nc3cc(C)cs3)n2)C1. The van der Waals surface area contributed by atoms with E-state index in [9.17, 15) is 9.59 Å². The van der Waals surface area contributed by atoms with Crippen LogP contribution in [0.1, 0.15) is 41.7 Å². The topological polar surface area (TPSA) is 113 Å². The van der Waals surface area contributed by atoms with Crippen molar-refractivity contribution < 1.29 is 9.59 Å². The summed E-state index contributed by atoms with van der Waals surface area (Å²) in [6.45, 7) is 5.51. The molecule has 1 fully saturated rings. The van der Waals surface area contributed by atoms with Gasteiger partial charge >= 0.3 is 0 Å². The predicted molar refractivity (Wildman–Crippen MR) is 116 cm³/mol. The van der Waals surface area contributed by atoms with Crippen molar-refractivity contribution in [2.24, 2.45) is 5.73 Å². The summed E-state index contributed by atoms with van der Waals surface area (Å²) in [6, 6.07) is 2.28. The van der Waals surface area contributed by atoms with Crippen LogP contribution in [-0.4, -0.2) is 40.9 Å². The van der Waals surface area contributed by atoms with E-state index in [0.29, 0.717) is 11.6 Å². The number of hydrogen-bond donors (Lipinski definition) is 3. The lowest BCUT2D eigenvalue weighted by Gasteiger charge is -2.36. The number of thiophene rings is 1. The van der Waals surface area contributed by atoms with Crippen LogP contribution < -0.4 is 21.3 Å². The van der Waals surface area contributed by atoms with Gasteiger partial charge in [0.1, 0.15) is 5.82 Å². The average molecular weight is 415 g/mol. The third kappa shape index (κ3) is 5.11. The molecule has 1 aliphatic rings. The quantitative estimate of drug-likeness (QED) is 0.601. The molecule has 1 saturated carbocycles. The Kier molecular flexibility index (Phi) is 6.48. The summed E-state index contributed by atoms with van der Waals surface area (Å²) in [5.41, 5.74) is 6.70. The molecule has 0 radical (unpaired) electrons. The molecule has 29 heavy (non-hydrogen) atoms. The van der Waals surface area contributed by atoms with Gasteiger partial charge < -0.3 is 21.3 Å². The fourth-order valence-corrected chi connectivity index (χ4v) is 4.32. The lowest BCUT2D eigenvalue weighted by atomic mass is 9.90. The van der Waals surface area contributed by atoms with Gasteiger partial charge in [0.2, 0.25) is 5.91 Å². The largest absolute Gasteiger partial charge is 0.364 e. The summed E-state index contributed by atoms with van der Waals surface area (Å²) in [6.07, 6.45) is 6.61. The van der Waals surface area contributed by atoms with Crippen LogP contribution in [0.5, 0.6) is 0 Å². The Labute approximate surface area is 174 Å². The van der Waals surface area contributed by atoms with E-state index in [2.05, 4.69) is 32.1 Å². The highest BCUT2D eigenvalue weighted by Gasteiger charge is 2.27. The molecule has 8 nitrogen and oxygen atoms in total. The molecule has 9 heteroatoms. The van der Waals surface area contributed by atoms with Gasteiger partial charge in [0, 0.05) is 19.1 Å². The third-order valence-electron chi connectivity index (χ3n) is 5.05. The maximum atomic E-state index is 11.8. The number of nitrogens with one attached hydrogen (secondary N) is 2. The zero-order valence-corrected chi connectivity index (χ0v) is 17.5. The fourth-order valence-electron chi connectivity index (χ4n) is 3.52. The first-order valence-electron chi connectivity index (χ1n) is 9.52. The Morgan fingerprint density at radius 2 is 2.21 bits per heavy atom. The molecule has 1 unspecified atom stereocenters. The average Bonchev–Trinajstić information content (AvgIpc) is 3.11. The Morgan fingerprint density at radius 1 is 1.41 bits per heavy atom. The number of rotatable bonds is 7. The molecule has 3 rings (SSSR count). The van der Waals surface area contributed by atoms with Gasteiger partial charge in [-0.3, -0.25) is 9.59 Å². The summed E-state index contributed by atoms with van der Waals surface area (Å²) in [5.74, 6) is 0.205. The monoisotopic (exact) mass is 414 g/mol. The lowest BCUT2D eigenvalue weighted by molar-refractivity contribution is -0.117. The van der Waals surface area contributed by atoms with E-state index in [0.717, 1.165) is 36.2 Å². The number of nitrogens with two attached hydrogens (primary N) is 1. The zero-order chi connectivity index (χ0) is 21.0. The minimum Gasteiger partial charge on any atom is -0.364 e. The first kappa shape index (κ1) is 20.8. The molecule has 0 saturated heterocycles. The van der Waals surface area contributed by atoms with Gasteiger partial charge in [-0.05, 0) is 55.7 Å². The molecule has 2 heterocycles. The number of amides is 2. The Hall–Kier alpha value is -2.94. The molecule has 0 bridgehead atoms. The first-order chi connectivity index (χ1) is 13.9. The van der Waals surface area contributed by atoms with Crippen LogP contribution in [0.2, 0.25) is 0 Å². The normalized spacial score (nSPS) is 18.7. The van der Waals surface area contributed by atoms with E-state index < -0.39 is 5.91 Å². The van der Waals surface area contributed by atoms with Crippen LogP contribution in [0, 0.1) is 6.92 Å². The van der Waals surface area contributed by atoms with Crippen LogP contribution in [0.15, 0.2) is 30.3 Å². The van der Waals surface area contributed by atoms with Crippen molar-refractivity contribution in [3.05, 3.63) is 41.6 Å². The predicted octanol–water partition coefficient (Wildman–Crippen LogP) is 2.74. The summed E-state index contributed by atoms with van der Waals surface area (Å²) >= 11 is 1.52. The molecule has 2 atom stereocenters. The number of carbonyl (C=O) groups excluding carboxylic acids is 2. The lowest BCUT2D eigenvalue weighted by Crippen LogP contribution is -2.44. The Morgan fingerprint density at radius 3 is 2.86 bits per heavy atom. The second-order valence-corrected chi connectivity index (χ2v) is 8.16. The minimum atomic E-state index is -0.632. The molecular formula is C20H26N6O2S. The maximum absolute atomic E-state index is 11.8. The molecule has 0 aromatic carbocycles. The maximum Gasteiger partial charge on any atom is 0.271 e. The van der Waals surface area contributed by atoms with Crippen molar-refractivity contribution in [2.45, 2.75) is 44.7 Å². The highest BCUT2D eigenvalue weighted by molar-refractivity contribution is 7.14. The van der Waals surface area contributed by atoms with Gasteiger partial charge in [0.05, 0.1) is 11.2 Å². The van der Waals surface area contributed by atoms with Crippen molar-refractivity contribution in [2.75, 3.05) is 17.3 Å². The van der Waals surface area contributed by atoms with Crippen molar-refractivity contribution in [1.82, 2.24) is 15.3 Å². The first-order valence-corrected chi connectivity index (χ1v) is 10.4. The number of hydrogen-bond acceptors (Lipinski definition) is 7. The van der Waals surface area contributed by atoms with E-state index in [4.69, 9.17) is 5.73 Å². The summed E-state index contributed by atoms with van der Waals surface area (Å²) in [5, 5.41) is 9.02. The molecule has 0 spiro atoms. The van der Waals surface area contributed by atoms with Crippen molar-refractivity contribution in [3.8, 4) is 0 Å². The van der Waals surface area contributed by atoms with E-state index >= 15 is 0 Å². The number of aryl methyl sites for hydroxylation is 1. The molecule has 2 aromatic heterocycles. The van der Waals surface area contributed by atoms with Gasteiger partial charge in [-0.2, -0.15) is 0 Å². The van der Waals surface area contributed by atoms with Gasteiger partial charge in [-0.25, -0.2) is 9.97 Å². The standard InChI is InChI=1S/C20H26N6O2S/c1-4-16(27)23-13-6-5-7-14(9-13)26(3)15-10-22-18(19(21)28)20(24-15)25-17-8-12(2)11-29-17/h4,8,10-11,13-14H,1,5-7,9H2,2-3H3,(H2,21,28)(H,23,27)(H,24,25)/t13?,14-/m1/s1. The van der Waals surface area contributed by atoms with Crippen LogP contribution in [0.3, 0.4) is 0 Å². The highest BCUT2D eigenvalue weighted by atomic mass is 32.1. The van der Waals surface area contributed by atoms with Crippen LogP contribution >= 0.6 is 11.3 Å². The highest BCUT2D eigenvalue weighted by Crippen LogP contribution is 2.29. The van der Waals surface area contributed by atoms with Crippen molar-refractivity contribution in [3.63, 3.8) is 0 Å². The van der Waals surface area contributed by atoms with Crippen LogP contribution in [-0.2, 0) is 4.79 Å². The fraction of sp³-hybridized carbons (Fsp3) is 0.400. The Balaban J connectivity index is 1.80. The number of nitrogens with zero attached hydrogens (tertiary/aromatic N) is 3. The van der Waals surface area contributed by atoms with Crippen LogP contribution in [0.25, 0.3) is 0 Å². The second-order valence-electron chi connectivity index (χ2n) is 7.24. The molecule has 4 N–H and O–H groups in total. The van der Waals surface area contributed by atoms with Gasteiger partial charge in [0.15, 0.2) is 11.5 Å². The van der Waals surface area contributed by atoms with Gasteiger partial charge in [-0.15, -0.1) is 11.3 Å². The van der Waals surface area contributed by atoms with Crippen molar-refractivity contribution in [1.29, 1.82) is 0 Å². The molecule has 0 aliphatic heterocycles. The molecule has 2 aromatic rings. The van der Waals surface area contributed by atoms with Gasteiger partial charge in [-0.1, -0.05) is 6.58 Å². The number of primary amides is 1. The summed E-state index contributed by atoms with van der Waals surface area (Å²) in [4.78, 5) is 34.4. The minimum absolute atomic E-state index is 0.103. The molecular weight excluding hydrogens is 388 g/mol. The summed E-state index contributed by atoms with van der Waals surface area (Å²) < 4.78 is 0. The third-order valence-corrected chi connectivity index (χ3v) is 6.02. The number of anilines is 3. The number of carbonyl (C=O) groups is 2. The molecule has 154 valence electrons. The number of aromatic nitrogens is 2. The Bertz CT molecular complexity index is 912. The summed E-state index contributed by atoms with van der Waals surface area (Å²) in [7, 11) is 1.95. The van der Waals surface area contributed by atoms with E-state index in [1.807, 2.05) is 25.4 Å². The van der Waals surface area contributed by atoms with Crippen LogP contribution in [0.4, 0.5) is 16.6 Å². The van der Waals surface area contributed by atoms with E-state index in [-0.39, 0.29) is 23.7 Å². The van der Waals surface area contributed by atoms with Gasteiger partial charge in [0.25, 0.3) is 5.91 Å². The van der Waals surface area contributed by atoms with E-state index in [1.165, 1.54) is 17.4 Å². The smallest absolute Gasteiger partial charge is 0.271 e.